The van der Waals surface area contributed by atoms with Crippen molar-refractivity contribution < 1.29 is 0 Å². The van der Waals surface area contributed by atoms with Gasteiger partial charge in [-0.1, -0.05) is 62.1 Å². The minimum absolute atomic E-state index is 1.07. The highest BCUT2D eigenvalue weighted by Crippen LogP contribution is 2.31. The summed E-state index contributed by atoms with van der Waals surface area (Å²) in [4.78, 5) is 4.86. The number of hydrogen-bond donors (Lipinski definition) is 0. The van der Waals surface area contributed by atoms with Crippen molar-refractivity contribution in [3.05, 3.63) is 71.4 Å². The first kappa shape index (κ1) is 17.6. The fourth-order valence-corrected chi connectivity index (χ4v) is 4.96. The Balaban J connectivity index is 2.31. The second-order valence-corrected chi connectivity index (χ2v) is 13.0. The van der Waals surface area contributed by atoms with Gasteiger partial charge in [0.15, 0.2) is 0 Å². The molecule has 0 fully saturated rings. The van der Waals surface area contributed by atoms with E-state index < -0.39 is 8.07 Å². The molecule has 0 aliphatic rings. The van der Waals surface area contributed by atoms with Gasteiger partial charge in [0, 0.05) is 11.8 Å². The van der Waals surface area contributed by atoms with Gasteiger partial charge in [-0.05, 0) is 59.8 Å². The lowest BCUT2D eigenvalue weighted by atomic mass is 9.94. The Morgan fingerprint density at radius 2 is 1.32 bits per heavy atom. The smallest absolute Gasteiger partial charge is 0.0804 e. The Kier molecular flexibility index (Phi) is 4.66. The van der Waals surface area contributed by atoms with Gasteiger partial charge in [0.25, 0.3) is 0 Å². The van der Waals surface area contributed by atoms with Gasteiger partial charge in [0.2, 0.25) is 0 Å². The number of benzene rings is 2. The summed E-state index contributed by atoms with van der Waals surface area (Å²) < 4.78 is 0. The fourth-order valence-electron chi connectivity index (χ4n) is 3.51. The molecule has 1 nitrogen and oxygen atoms in total. The van der Waals surface area contributed by atoms with Crippen molar-refractivity contribution >= 4 is 13.3 Å². The number of aromatic nitrogens is 1. The SMILES string of the molecule is Cc1ccccc1-c1cc(-c2c(C)cccc2C)c([Si](C)(C)C)cn1. The van der Waals surface area contributed by atoms with Crippen LogP contribution in [0.1, 0.15) is 16.7 Å². The summed E-state index contributed by atoms with van der Waals surface area (Å²) in [6, 6.07) is 17.4. The lowest BCUT2D eigenvalue weighted by Gasteiger charge is -2.23. The van der Waals surface area contributed by atoms with Gasteiger partial charge in [-0.2, -0.15) is 0 Å². The van der Waals surface area contributed by atoms with Gasteiger partial charge in [-0.25, -0.2) is 0 Å². The Bertz CT molecular complexity index is 899. The van der Waals surface area contributed by atoms with Crippen LogP contribution in [-0.2, 0) is 0 Å². The minimum Gasteiger partial charge on any atom is -0.256 e. The van der Waals surface area contributed by atoms with E-state index in [2.05, 4.69) is 95.1 Å². The normalized spacial score (nSPS) is 11.6. The average Bonchev–Trinajstić information content (AvgIpc) is 2.54. The van der Waals surface area contributed by atoms with Crippen LogP contribution >= 0.6 is 0 Å². The molecule has 0 N–H and O–H groups in total. The molecular weight excluding hydrogens is 318 g/mol. The molecule has 0 bridgehead atoms. The summed E-state index contributed by atoms with van der Waals surface area (Å²) in [5, 5.41) is 1.43. The topological polar surface area (TPSA) is 12.9 Å². The summed E-state index contributed by atoms with van der Waals surface area (Å²) in [6.45, 7) is 13.8. The predicted molar refractivity (Wildman–Crippen MR) is 112 cm³/mol. The van der Waals surface area contributed by atoms with Gasteiger partial charge in [0.1, 0.15) is 0 Å². The molecule has 2 aromatic carbocycles. The quantitative estimate of drug-likeness (QED) is 0.540. The highest BCUT2D eigenvalue weighted by atomic mass is 28.3. The number of hydrogen-bond acceptors (Lipinski definition) is 1. The van der Waals surface area contributed by atoms with Crippen LogP contribution in [0.15, 0.2) is 54.7 Å². The molecule has 0 saturated heterocycles. The number of nitrogens with zero attached hydrogens (tertiary/aromatic N) is 1. The van der Waals surface area contributed by atoms with Crippen LogP contribution in [0.5, 0.6) is 0 Å². The second kappa shape index (κ2) is 6.60. The van der Waals surface area contributed by atoms with E-state index >= 15 is 0 Å². The largest absolute Gasteiger partial charge is 0.256 e. The van der Waals surface area contributed by atoms with Crippen LogP contribution in [0.25, 0.3) is 22.4 Å². The summed E-state index contributed by atoms with van der Waals surface area (Å²) in [5.74, 6) is 0. The van der Waals surface area contributed by atoms with Crippen LogP contribution in [0.3, 0.4) is 0 Å². The predicted octanol–water partition coefficient (Wildman–Crippen LogP) is 5.89. The molecule has 1 aromatic heterocycles. The van der Waals surface area contributed by atoms with E-state index in [0.717, 1.165) is 5.69 Å². The molecule has 0 amide bonds. The summed E-state index contributed by atoms with van der Waals surface area (Å²) in [6.07, 6.45) is 2.13. The molecule has 25 heavy (non-hydrogen) atoms. The zero-order valence-electron chi connectivity index (χ0n) is 16.1. The summed E-state index contributed by atoms with van der Waals surface area (Å²) >= 11 is 0. The van der Waals surface area contributed by atoms with E-state index in [4.69, 9.17) is 4.98 Å². The van der Waals surface area contributed by atoms with Crippen molar-refractivity contribution in [1.82, 2.24) is 4.98 Å². The van der Waals surface area contributed by atoms with Gasteiger partial charge < -0.3 is 0 Å². The first-order chi connectivity index (χ1) is 11.8. The van der Waals surface area contributed by atoms with Crippen molar-refractivity contribution in [2.24, 2.45) is 0 Å². The highest BCUT2D eigenvalue weighted by molar-refractivity contribution is 6.89. The zero-order chi connectivity index (χ0) is 18.2. The molecule has 1 heterocycles. The molecule has 3 aromatic rings. The molecule has 2 heteroatoms. The van der Waals surface area contributed by atoms with Crippen LogP contribution in [0.2, 0.25) is 19.6 Å². The van der Waals surface area contributed by atoms with E-state index in [1.54, 1.807) is 0 Å². The molecule has 0 radical (unpaired) electrons. The van der Waals surface area contributed by atoms with Crippen molar-refractivity contribution in [2.45, 2.75) is 40.4 Å². The maximum absolute atomic E-state index is 4.86. The Morgan fingerprint density at radius 1 is 0.720 bits per heavy atom. The minimum atomic E-state index is -1.51. The van der Waals surface area contributed by atoms with Gasteiger partial charge in [-0.3, -0.25) is 4.98 Å². The summed E-state index contributed by atoms with van der Waals surface area (Å²) in [5.41, 5.74) is 8.96. The fraction of sp³-hybridized carbons (Fsp3) is 0.261. The highest BCUT2D eigenvalue weighted by Gasteiger charge is 2.23. The molecular formula is C23H27NSi. The van der Waals surface area contributed by atoms with Crippen molar-refractivity contribution in [3.63, 3.8) is 0 Å². The van der Waals surface area contributed by atoms with Gasteiger partial charge in [0.05, 0.1) is 13.8 Å². The second-order valence-electron chi connectivity index (χ2n) is 7.95. The Morgan fingerprint density at radius 3 is 1.92 bits per heavy atom. The van der Waals surface area contributed by atoms with E-state index in [-0.39, 0.29) is 0 Å². The molecule has 0 spiro atoms. The lowest BCUT2D eigenvalue weighted by Crippen LogP contribution is -2.39. The first-order valence-corrected chi connectivity index (χ1v) is 12.4. The van der Waals surface area contributed by atoms with Crippen molar-refractivity contribution in [1.29, 1.82) is 0 Å². The van der Waals surface area contributed by atoms with Crippen LogP contribution in [-0.4, -0.2) is 13.1 Å². The maximum Gasteiger partial charge on any atom is 0.0804 e. The van der Waals surface area contributed by atoms with Gasteiger partial charge in [-0.15, -0.1) is 0 Å². The standard InChI is InChI=1S/C23H27NSi/c1-16-10-7-8-13-19(16)21-14-20(22(15-24-21)25(4,5)6)23-17(2)11-9-12-18(23)3/h7-15H,1-6H3. The third-order valence-corrected chi connectivity index (χ3v) is 6.90. The van der Waals surface area contributed by atoms with E-state index in [0.29, 0.717) is 0 Å². The lowest BCUT2D eigenvalue weighted by molar-refractivity contribution is 1.30. The van der Waals surface area contributed by atoms with E-state index in [9.17, 15) is 0 Å². The maximum atomic E-state index is 4.86. The molecule has 0 aliphatic heterocycles. The zero-order valence-corrected chi connectivity index (χ0v) is 17.1. The number of pyridine rings is 1. The molecule has 0 atom stereocenters. The molecule has 3 rings (SSSR count). The van der Waals surface area contributed by atoms with Crippen molar-refractivity contribution in [2.75, 3.05) is 0 Å². The molecule has 0 unspecified atom stereocenters. The van der Waals surface area contributed by atoms with Crippen LogP contribution in [0.4, 0.5) is 0 Å². The third-order valence-electron chi connectivity index (χ3n) is 4.88. The van der Waals surface area contributed by atoms with Crippen molar-refractivity contribution in [3.8, 4) is 22.4 Å². The third kappa shape index (κ3) is 3.45. The monoisotopic (exact) mass is 345 g/mol. The number of aryl methyl sites for hydroxylation is 3. The van der Waals surface area contributed by atoms with Gasteiger partial charge >= 0.3 is 0 Å². The van der Waals surface area contributed by atoms with E-state index in [1.165, 1.54) is 38.6 Å². The first-order valence-electron chi connectivity index (χ1n) is 8.92. The summed E-state index contributed by atoms with van der Waals surface area (Å²) in [7, 11) is -1.51. The van der Waals surface area contributed by atoms with Crippen LogP contribution < -0.4 is 5.19 Å². The molecule has 0 aliphatic carbocycles. The number of rotatable bonds is 3. The molecule has 0 saturated carbocycles. The average molecular weight is 346 g/mol. The van der Waals surface area contributed by atoms with Crippen LogP contribution in [0, 0.1) is 20.8 Å². The Labute approximate surface area is 152 Å². The van der Waals surface area contributed by atoms with E-state index in [1.807, 2.05) is 0 Å². The Hall–Kier alpha value is -2.19. The molecule has 128 valence electrons.